The molecule has 1 saturated carbocycles. The number of carbonyl (C=O) groups excluding carboxylic acids is 2. The van der Waals surface area contributed by atoms with Crippen molar-refractivity contribution < 1.29 is 27.1 Å². The normalized spacial score (nSPS) is 16.5. The van der Waals surface area contributed by atoms with Crippen molar-refractivity contribution in [3.05, 3.63) is 29.6 Å². The molecule has 0 radical (unpaired) electrons. The first-order valence-electron chi connectivity index (χ1n) is 8.36. The summed E-state index contributed by atoms with van der Waals surface area (Å²) in [4.78, 5) is 24.1. The van der Waals surface area contributed by atoms with Crippen LogP contribution in [0.3, 0.4) is 0 Å². The van der Waals surface area contributed by atoms with Gasteiger partial charge >= 0.3 is 5.97 Å². The molecule has 0 aliphatic heterocycles. The highest BCUT2D eigenvalue weighted by Crippen LogP contribution is 2.20. The zero-order chi connectivity index (χ0) is 19.5. The standard InChI is InChI=1S/C17H23FN2O5S/c1-11(16(21)19-12-6-4-5-7-12)25-17(22)14-10-13(8-9-15(14)18)26(23,24)20(2)3/h8-12H,4-7H2,1-3H3,(H,19,21)/t11-/m0/s1. The number of amides is 1. The second-order valence-corrected chi connectivity index (χ2v) is 8.62. The van der Waals surface area contributed by atoms with Gasteiger partial charge in [0.2, 0.25) is 10.0 Å². The number of esters is 1. The Morgan fingerprint density at radius 3 is 2.46 bits per heavy atom. The molecule has 0 unspecified atom stereocenters. The molecular weight excluding hydrogens is 363 g/mol. The molecular formula is C17H23FN2O5S. The SMILES string of the molecule is C[C@H](OC(=O)c1cc(S(=O)(=O)N(C)C)ccc1F)C(=O)NC1CCCC1. The Morgan fingerprint density at radius 1 is 1.27 bits per heavy atom. The summed E-state index contributed by atoms with van der Waals surface area (Å²) >= 11 is 0. The molecule has 0 spiro atoms. The smallest absolute Gasteiger partial charge is 0.341 e. The maximum atomic E-state index is 14.0. The van der Waals surface area contributed by atoms with E-state index in [0.717, 1.165) is 48.2 Å². The number of halogens is 1. The topological polar surface area (TPSA) is 92.8 Å². The van der Waals surface area contributed by atoms with E-state index in [9.17, 15) is 22.4 Å². The van der Waals surface area contributed by atoms with Crippen LogP contribution < -0.4 is 5.32 Å². The van der Waals surface area contributed by atoms with E-state index in [1.807, 2.05) is 0 Å². The molecule has 2 rings (SSSR count). The van der Waals surface area contributed by atoms with Gasteiger partial charge in [0.15, 0.2) is 6.10 Å². The molecule has 0 saturated heterocycles. The minimum atomic E-state index is -3.83. The summed E-state index contributed by atoms with van der Waals surface area (Å²) in [6, 6.07) is 2.93. The van der Waals surface area contributed by atoms with Gasteiger partial charge in [-0.2, -0.15) is 0 Å². The largest absolute Gasteiger partial charge is 0.449 e. The molecule has 1 fully saturated rings. The summed E-state index contributed by atoms with van der Waals surface area (Å²) < 4.78 is 44.2. The van der Waals surface area contributed by atoms with Gasteiger partial charge in [0.25, 0.3) is 5.91 Å². The van der Waals surface area contributed by atoms with Crippen molar-refractivity contribution in [1.29, 1.82) is 0 Å². The Bertz CT molecular complexity index is 788. The van der Waals surface area contributed by atoms with Crippen LogP contribution in [0, 0.1) is 5.82 Å². The average molecular weight is 386 g/mol. The van der Waals surface area contributed by atoms with Crippen LogP contribution in [0.1, 0.15) is 43.0 Å². The van der Waals surface area contributed by atoms with E-state index >= 15 is 0 Å². The lowest BCUT2D eigenvalue weighted by Crippen LogP contribution is -2.41. The summed E-state index contributed by atoms with van der Waals surface area (Å²) in [6.07, 6.45) is 2.72. The summed E-state index contributed by atoms with van der Waals surface area (Å²) in [5.41, 5.74) is -0.534. The predicted octanol–water partition coefficient (Wildman–Crippen LogP) is 1.68. The number of rotatable bonds is 6. The van der Waals surface area contributed by atoms with Crippen molar-refractivity contribution in [3.63, 3.8) is 0 Å². The molecule has 0 heterocycles. The molecule has 9 heteroatoms. The van der Waals surface area contributed by atoms with Gasteiger partial charge in [-0.1, -0.05) is 12.8 Å². The Balaban J connectivity index is 2.12. The fraction of sp³-hybridized carbons (Fsp3) is 0.529. The van der Waals surface area contributed by atoms with Crippen LogP contribution in [0.25, 0.3) is 0 Å². The molecule has 144 valence electrons. The van der Waals surface area contributed by atoms with Crippen molar-refractivity contribution in [1.82, 2.24) is 9.62 Å². The number of benzene rings is 1. The van der Waals surface area contributed by atoms with Crippen molar-refractivity contribution in [2.45, 2.75) is 49.6 Å². The third-order valence-corrected chi connectivity index (χ3v) is 6.10. The van der Waals surface area contributed by atoms with E-state index in [4.69, 9.17) is 4.74 Å². The molecule has 7 nitrogen and oxygen atoms in total. The van der Waals surface area contributed by atoms with E-state index in [1.54, 1.807) is 0 Å². The zero-order valence-electron chi connectivity index (χ0n) is 15.0. The Hall–Kier alpha value is -2.00. The summed E-state index contributed by atoms with van der Waals surface area (Å²) in [5, 5.41) is 2.79. The zero-order valence-corrected chi connectivity index (χ0v) is 15.8. The third kappa shape index (κ3) is 4.59. The van der Waals surface area contributed by atoms with Crippen molar-refractivity contribution in [2.24, 2.45) is 0 Å². The van der Waals surface area contributed by atoms with Gasteiger partial charge in [-0.25, -0.2) is 21.9 Å². The predicted molar refractivity (Wildman–Crippen MR) is 92.5 cm³/mol. The van der Waals surface area contributed by atoms with E-state index in [0.29, 0.717) is 0 Å². The maximum absolute atomic E-state index is 14.0. The van der Waals surface area contributed by atoms with E-state index in [2.05, 4.69) is 5.32 Å². The molecule has 0 aromatic heterocycles. The number of hydrogen-bond acceptors (Lipinski definition) is 5. The van der Waals surface area contributed by atoms with E-state index in [-0.39, 0.29) is 10.9 Å². The first-order valence-corrected chi connectivity index (χ1v) is 9.80. The van der Waals surface area contributed by atoms with E-state index in [1.165, 1.54) is 21.0 Å². The van der Waals surface area contributed by atoms with Crippen LogP contribution in [0.15, 0.2) is 23.1 Å². The van der Waals surface area contributed by atoms with Crippen LogP contribution in [0.4, 0.5) is 4.39 Å². The summed E-state index contributed by atoms with van der Waals surface area (Å²) in [7, 11) is -1.18. The fourth-order valence-corrected chi connectivity index (χ4v) is 3.63. The molecule has 1 aromatic carbocycles. The van der Waals surface area contributed by atoms with Gasteiger partial charge < -0.3 is 10.1 Å². The highest BCUT2D eigenvalue weighted by Gasteiger charge is 2.26. The number of sulfonamides is 1. The molecule has 1 N–H and O–H groups in total. The van der Waals surface area contributed by atoms with Crippen molar-refractivity contribution >= 4 is 21.9 Å². The second-order valence-electron chi connectivity index (χ2n) is 6.47. The quantitative estimate of drug-likeness (QED) is 0.751. The lowest BCUT2D eigenvalue weighted by atomic mass is 10.2. The third-order valence-electron chi connectivity index (χ3n) is 4.29. The van der Waals surface area contributed by atoms with Crippen LogP contribution in [0.2, 0.25) is 0 Å². The highest BCUT2D eigenvalue weighted by molar-refractivity contribution is 7.89. The number of ether oxygens (including phenoxy) is 1. The number of nitrogens with zero attached hydrogens (tertiary/aromatic N) is 1. The monoisotopic (exact) mass is 386 g/mol. The molecule has 1 aliphatic rings. The molecule has 1 amide bonds. The molecule has 1 atom stereocenters. The van der Waals surface area contributed by atoms with E-state index < -0.39 is 39.4 Å². The molecule has 26 heavy (non-hydrogen) atoms. The van der Waals surface area contributed by atoms with Gasteiger partial charge in [-0.3, -0.25) is 4.79 Å². The Labute approximate surface area is 152 Å². The van der Waals surface area contributed by atoms with Gasteiger partial charge in [0, 0.05) is 20.1 Å². The number of nitrogens with one attached hydrogen (secondary N) is 1. The molecule has 0 bridgehead atoms. The Kier molecular flexibility index (Phi) is 6.35. The lowest BCUT2D eigenvalue weighted by molar-refractivity contribution is -0.129. The molecule has 1 aromatic rings. The van der Waals surface area contributed by atoms with Gasteiger partial charge in [0.05, 0.1) is 10.5 Å². The van der Waals surface area contributed by atoms with Crippen molar-refractivity contribution in [3.8, 4) is 0 Å². The fourth-order valence-electron chi connectivity index (χ4n) is 2.70. The molecule has 1 aliphatic carbocycles. The van der Waals surface area contributed by atoms with Gasteiger partial charge in [-0.05, 0) is 38.0 Å². The minimum Gasteiger partial charge on any atom is -0.449 e. The number of carbonyl (C=O) groups is 2. The first-order chi connectivity index (χ1) is 12.1. The van der Waals surface area contributed by atoms with Gasteiger partial charge in [0.1, 0.15) is 5.82 Å². The first kappa shape index (κ1) is 20.3. The lowest BCUT2D eigenvalue weighted by Gasteiger charge is -2.17. The summed E-state index contributed by atoms with van der Waals surface area (Å²) in [5.74, 6) is -2.47. The van der Waals surface area contributed by atoms with Crippen molar-refractivity contribution in [2.75, 3.05) is 14.1 Å². The minimum absolute atomic E-state index is 0.0638. The number of hydrogen-bond donors (Lipinski definition) is 1. The second kappa shape index (κ2) is 8.13. The van der Waals surface area contributed by atoms with Crippen LogP contribution >= 0.6 is 0 Å². The average Bonchev–Trinajstić information content (AvgIpc) is 3.07. The van der Waals surface area contributed by atoms with Crippen LogP contribution in [-0.2, 0) is 19.6 Å². The van der Waals surface area contributed by atoms with Crippen LogP contribution in [-0.4, -0.2) is 50.8 Å². The van der Waals surface area contributed by atoms with Gasteiger partial charge in [-0.15, -0.1) is 0 Å². The highest BCUT2D eigenvalue weighted by atomic mass is 32.2. The Morgan fingerprint density at radius 2 is 1.88 bits per heavy atom. The maximum Gasteiger partial charge on any atom is 0.341 e. The van der Waals surface area contributed by atoms with Crippen LogP contribution in [0.5, 0.6) is 0 Å². The summed E-state index contributed by atoms with van der Waals surface area (Å²) in [6.45, 7) is 1.39.